The summed E-state index contributed by atoms with van der Waals surface area (Å²) >= 11 is 5.95. The molecule has 0 radical (unpaired) electrons. The van der Waals surface area contributed by atoms with Crippen molar-refractivity contribution in [2.45, 2.75) is 25.2 Å². The van der Waals surface area contributed by atoms with Gasteiger partial charge in [0.05, 0.1) is 17.1 Å². The second-order valence-electron chi connectivity index (χ2n) is 6.88. The van der Waals surface area contributed by atoms with Crippen LogP contribution in [0.3, 0.4) is 0 Å². The first-order chi connectivity index (χ1) is 13.5. The van der Waals surface area contributed by atoms with Crippen LogP contribution in [0.4, 0.5) is 8.78 Å². The molecule has 1 aromatic carbocycles. The molecule has 3 heterocycles. The summed E-state index contributed by atoms with van der Waals surface area (Å²) in [6.07, 6.45) is 2.51. The standard InChI is InChI=1S/C20H19ClF2N4O/c21-18-8-12(4-7-25-18)10-27-11-13(19-14(22)2-1-3-17(19)27)20(28)26-16-5-6-24-9-15(16)23/h1-4,7-8,11,15-16,24H,5-6,9-10H2,(H,26,28). The van der Waals surface area contributed by atoms with Gasteiger partial charge in [-0.15, -0.1) is 0 Å². The van der Waals surface area contributed by atoms with E-state index in [0.29, 0.717) is 30.2 Å². The van der Waals surface area contributed by atoms with E-state index in [0.717, 1.165) is 5.56 Å². The fourth-order valence-electron chi connectivity index (χ4n) is 3.58. The number of carbonyl (C=O) groups excluding carboxylic acids is 1. The van der Waals surface area contributed by atoms with Crippen LogP contribution in [0.5, 0.6) is 0 Å². The van der Waals surface area contributed by atoms with Gasteiger partial charge in [-0.1, -0.05) is 17.7 Å². The maximum atomic E-state index is 14.6. The van der Waals surface area contributed by atoms with E-state index in [1.807, 2.05) is 0 Å². The van der Waals surface area contributed by atoms with E-state index in [2.05, 4.69) is 15.6 Å². The van der Waals surface area contributed by atoms with Gasteiger partial charge in [0.1, 0.15) is 17.1 Å². The number of rotatable bonds is 4. The maximum absolute atomic E-state index is 14.6. The fourth-order valence-corrected chi connectivity index (χ4v) is 3.78. The number of nitrogens with one attached hydrogen (secondary N) is 2. The van der Waals surface area contributed by atoms with Crippen LogP contribution in [0.1, 0.15) is 22.3 Å². The average Bonchev–Trinajstić information content (AvgIpc) is 3.04. The number of aromatic nitrogens is 2. The Bertz CT molecular complexity index is 1020. The van der Waals surface area contributed by atoms with Gasteiger partial charge in [0.25, 0.3) is 5.91 Å². The molecule has 1 aliphatic heterocycles. The van der Waals surface area contributed by atoms with E-state index in [1.165, 1.54) is 6.07 Å². The van der Waals surface area contributed by atoms with Crippen molar-refractivity contribution in [3.63, 3.8) is 0 Å². The second-order valence-corrected chi connectivity index (χ2v) is 7.27. The molecule has 2 N–H and O–H groups in total. The van der Waals surface area contributed by atoms with E-state index in [1.54, 1.807) is 41.2 Å². The van der Waals surface area contributed by atoms with E-state index < -0.39 is 23.9 Å². The lowest BCUT2D eigenvalue weighted by atomic mass is 10.0. The molecule has 4 rings (SSSR count). The Hall–Kier alpha value is -2.51. The molecule has 28 heavy (non-hydrogen) atoms. The lowest BCUT2D eigenvalue weighted by molar-refractivity contribution is 0.0893. The predicted octanol–water partition coefficient (Wildman–Crippen LogP) is 3.31. The van der Waals surface area contributed by atoms with Gasteiger partial charge in [-0.05, 0) is 42.8 Å². The zero-order valence-corrected chi connectivity index (χ0v) is 15.7. The van der Waals surface area contributed by atoms with Crippen molar-refractivity contribution in [3.8, 4) is 0 Å². The number of benzene rings is 1. The third kappa shape index (κ3) is 3.72. The summed E-state index contributed by atoms with van der Waals surface area (Å²) in [5.41, 5.74) is 1.65. The zero-order chi connectivity index (χ0) is 19.7. The maximum Gasteiger partial charge on any atom is 0.253 e. The summed E-state index contributed by atoms with van der Waals surface area (Å²) in [7, 11) is 0. The smallest absolute Gasteiger partial charge is 0.253 e. The summed E-state index contributed by atoms with van der Waals surface area (Å²) in [6, 6.07) is 7.60. The molecule has 0 saturated carbocycles. The Morgan fingerprint density at radius 3 is 3.04 bits per heavy atom. The van der Waals surface area contributed by atoms with Crippen LogP contribution in [0.15, 0.2) is 42.7 Å². The molecule has 0 spiro atoms. The molecule has 1 fully saturated rings. The summed E-state index contributed by atoms with van der Waals surface area (Å²) in [5.74, 6) is -0.965. The molecule has 8 heteroatoms. The third-order valence-corrected chi connectivity index (χ3v) is 5.18. The highest BCUT2D eigenvalue weighted by Gasteiger charge is 2.28. The normalized spacial score (nSPS) is 19.7. The molecule has 2 atom stereocenters. The Kier molecular flexibility index (Phi) is 5.28. The van der Waals surface area contributed by atoms with E-state index in [-0.39, 0.29) is 17.5 Å². The lowest BCUT2D eigenvalue weighted by Crippen LogP contribution is -2.50. The molecule has 1 amide bonds. The molecule has 2 aromatic heterocycles. The lowest BCUT2D eigenvalue weighted by Gasteiger charge is -2.27. The molecular formula is C20H19ClF2N4O. The number of hydrogen-bond acceptors (Lipinski definition) is 3. The first-order valence-electron chi connectivity index (χ1n) is 9.06. The van der Waals surface area contributed by atoms with Crippen molar-refractivity contribution < 1.29 is 13.6 Å². The van der Waals surface area contributed by atoms with Gasteiger partial charge >= 0.3 is 0 Å². The number of piperidine rings is 1. The van der Waals surface area contributed by atoms with Crippen LogP contribution in [0.2, 0.25) is 5.15 Å². The number of pyridine rings is 1. The van der Waals surface area contributed by atoms with Gasteiger partial charge in [0.2, 0.25) is 0 Å². The predicted molar refractivity (Wildman–Crippen MR) is 104 cm³/mol. The van der Waals surface area contributed by atoms with Crippen molar-refractivity contribution in [3.05, 3.63) is 64.8 Å². The van der Waals surface area contributed by atoms with Crippen LogP contribution in [-0.4, -0.2) is 40.8 Å². The Morgan fingerprint density at radius 2 is 2.25 bits per heavy atom. The van der Waals surface area contributed by atoms with Crippen molar-refractivity contribution in [1.82, 2.24) is 20.2 Å². The summed E-state index contributed by atoms with van der Waals surface area (Å²) in [4.78, 5) is 16.8. The fraction of sp³-hybridized carbons (Fsp3) is 0.300. The number of carbonyl (C=O) groups is 1. The largest absolute Gasteiger partial charge is 0.346 e. The van der Waals surface area contributed by atoms with Crippen LogP contribution in [-0.2, 0) is 6.54 Å². The molecule has 0 aliphatic carbocycles. The highest BCUT2D eigenvalue weighted by atomic mass is 35.5. The van der Waals surface area contributed by atoms with Crippen LogP contribution in [0, 0.1) is 5.82 Å². The first-order valence-corrected chi connectivity index (χ1v) is 9.44. The molecule has 5 nitrogen and oxygen atoms in total. The quantitative estimate of drug-likeness (QED) is 0.656. The van der Waals surface area contributed by atoms with Crippen molar-refractivity contribution >= 4 is 28.4 Å². The molecule has 3 aromatic rings. The van der Waals surface area contributed by atoms with E-state index in [4.69, 9.17) is 11.6 Å². The van der Waals surface area contributed by atoms with Crippen molar-refractivity contribution in [1.29, 1.82) is 0 Å². The van der Waals surface area contributed by atoms with Gasteiger partial charge in [-0.2, -0.15) is 0 Å². The summed E-state index contributed by atoms with van der Waals surface area (Å²) in [6.45, 7) is 1.22. The van der Waals surface area contributed by atoms with Crippen molar-refractivity contribution in [2.75, 3.05) is 13.1 Å². The van der Waals surface area contributed by atoms with Crippen LogP contribution in [0.25, 0.3) is 10.9 Å². The molecule has 1 aliphatic rings. The summed E-state index contributed by atoms with van der Waals surface area (Å²) < 4.78 is 30.4. The number of amides is 1. The minimum absolute atomic E-state index is 0.194. The third-order valence-electron chi connectivity index (χ3n) is 4.97. The van der Waals surface area contributed by atoms with Crippen LogP contribution < -0.4 is 10.6 Å². The highest BCUT2D eigenvalue weighted by Crippen LogP contribution is 2.26. The van der Waals surface area contributed by atoms with E-state index >= 15 is 0 Å². The van der Waals surface area contributed by atoms with Crippen LogP contribution >= 0.6 is 11.6 Å². The van der Waals surface area contributed by atoms with Gasteiger partial charge in [0, 0.05) is 30.9 Å². The van der Waals surface area contributed by atoms with Crippen molar-refractivity contribution in [2.24, 2.45) is 0 Å². The highest BCUT2D eigenvalue weighted by molar-refractivity contribution is 6.29. The Morgan fingerprint density at radius 1 is 1.39 bits per heavy atom. The minimum atomic E-state index is -1.17. The first kappa shape index (κ1) is 18.8. The number of alkyl halides is 1. The minimum Gasteiger partial charge on any atom is -0.346 e. The van der Waals surface area contributed by atoms with Gasteiger partial charge in [-0.25, -0.2) is 13.8 Å². The number of halogens is 3. The topological polar surface area (TPSA) is 59.0 Å². The molecule has 0 bridgehead atoms. The molecular weight excluding hydrogens is 386 g/mol. The number of fused-ring (bicyclic) bond motifs is 1. The number of hydrogen-bond donors (Lipinski definition) is 2. The van der Waals surface area contributed by atoms with E-state index in [9.17, 15) is 13.6 Å². The SMILES string of the molecule is O=C(NC1CCNCC1F)c1cn(Cc2ccnc(Cl)c2)c2cccc(F)c12. The molecule has 1 saturated heterocycles. The van der Waals surface area contributed by atoms with Gasteiger partial charge in [0.15, 0.2) is 0 Å². The molecule has 146 valence electrons. The summed E-state index contributed by atoms with van der Waals surface area (Å²) in [5, 5.41) is 6.26. The van der Waals surface area contributed by atoms with Gasteiger partial charge in [-0.3, -0.25) is 4.79 Å². The monoisotopic (exact) mass is 404 g/mol. The molecule has 2 unspecified atom stereocenters. The Balaban J connectivity index is 1.69. The zero-order valence-electron chi connectivity index (χ0n) is 15.0. The number of nitrogens with zero attached hydrogens (tertiary/aromatic N) is 2. The second kappa shape index (κ2) is 7.85. The Labute approximate surface area is 165 Å². The average molecular weight is 405 g/mol. The van der Waals surface area contributed by atoms with Gasteiger partial charge < -0.3 is 15.2 Å².